The molecule has 0 aliphatic heterocycles. The zero-order valence-corrected chi connectivity index (χ0v) is 9.19. The van der Waals surface area contributed by atoms with Crippen molar-refractivity contribution in [2.45, 2.75) is 32.0 Å². The lowest BCUT2D eigenvalue weighted by Crippen LogP contribution is -2.32. The predicted molar refractivity (Wildman–Crippen MR) is 60.0 cm³/mol. The van der Waals surface area contributed by atoms with Crippen molar-refractivity contribution in [3.8, 4) is 0 Å². The fourth-order valence-corrected chi connectivity index (χ4v) is 1.58. The van der Waals surface area contributed by atoms with Crippen LogP contribution in [-0.4, -0.2) is 23.3 Å². The molecule has 0 aromatic heterocycles. The summed E-state index contributed by atoms with van der Waals surface area (Å²) in [5.41, 5.74) is 7.09. The first kappa shape index (κ1) is 12.6. The van der Waals surface area contributed by atoms with E-state index >= 15 is 0 Å². The summed E-state index contributed by atoms with van der Waals surface area (Å²) < 4.78 is 12.9. The summed E-state index contributed by atoms with van der Waals surface area (Å²) >= 11 is 0. The summed E-state index contributed by atoms with van der Waals surface area (Å²) in [6, 6.07) is 6.28. The van der Waals surface area contributed by atoms with Gasteiger partial charge in [0.05, 0.1) is 0 Å². The van der Waals surface area contributed by atoms with Gasteiger partial charge in [-0.1, -0.05) is 24.3 Å². The van der Waals surface area contributed by atoms with Crippen LogP contribution in [0.1, 0.15) is 18.1 Å². The molecule has 3 N–H and O–H groups in total. The molecule has 16 heavy (non-hydrogen) atoms. The number of aliphatic carboxylic acids is 1. The van der Waals surface area contributed by atoms with Crippen LogP contribution in [0.4, 0.5) is 4.39 Å². The number of carboxylic acids is 1. The molecular formula is C12H16FNO2. The maximum absolute atomic E-state index is 12.9. The molecule has 1 rings (SSSR count). The summed E-state index contributed by atoms with van der Waals surface area (Å²) in [6.07, 6.45) is -0.414. The van der Waals surface area contributed by atoms with Gasteiger partial charge in [0.2, 0.25) is 0 Å². The smallest absolute Gasteiger partial charge is 0.320 e. The minimum atomic E-state index is -1.04. The topological polar surface area (TPSA) is 63.3 Å². The van der Waals surface area contributed by atoms with Gasteiger partial charge < -0.3 is 10.8 Å². The Morgan fingerprint density at radius 1 is 1.38 bits per heavy atom. The Hall–Kier alpha value is -1.42. The van der Waals surface area contributed by atoms with Gasteiger partial charge in [0, 0.05) is 6.42 Å². The molecule has 0 bridgehead atoms. The van der Waals surface area contributed by atoms with E-state index in [-0.39, 0.29) is 6.42 Å². The number of nitrogens with two attached hydrogens (primary N) is 1. The average Bonchev–Trinajstić information content (AvgIpc) is 2.20. The van der Waals surface area contributed by atoms with Gasteiger partial charge in [-0.2, -0.15) is 0 Å². The second-order valence-corrected chi connectivity index (χ2v) is 3.90. The van der Waals surface area contributed by atoms with E-state index in [0.717, 1.165) is 11.1 Å². The lowest BCUT2D eigenvalue weighted by Gasteiger charge is -2.12. The van der Waals surface area contributed by atoms with E-state index in [9.17, 15) is 9.18 Å². The van der Waals surface area contributed by atoms with Gasteiger partial charge in [0.15, 0.2) is 0 Å². The second-order valence-electron chi connectivity index (χ2n) is 3.90. The number of carboxylic acid groups (broad SMARTS) is 1. The van der Waals surface area contributed by atoms with Crippen molar-refractivity contribution in [1.29, 1.82) is 0 Å². The van der Waals surface area contributed by atoms with E-state index in [1.54, 1.807) is 18.2 Å². The molecule has 1 aromatic rings. The van der Waals surface area contributed by atoms with Crippen LogP contribution in [0.15, 0.2) is 24.3 Å². The van der Waals surface area contributed by atoms with Gasteiger partial charge >= 0.3 is 5.97 Å². The quantitative estimate of drug-likeness (QED) is 0.799. The van der Waals surface area contributed by atoms with Gasteiger partial charge in [-0.05, 0) is 24.5 Å². The number of halogens is 1. The molecule has 2 atom stereocenters. The van der Waals surface area contributed by atoms with Crippen molar-refractivity contribution < 1.29 is 14.3 Å². The standard InChI is InChI=1S/C12H16FNO2/c1-8(13)6-9-4-2-3-5-10(9)7-11(14)12(15)16/h2-5,8,11H,6-7,14H2,1H3,(H,15,16). The van der Waals surface area contributed by atoms with Crippen LogP contribution in [0.25, 0.3) is 0 Å². The van der Waals surface area contributed by atoms with Crippen molar-refractivity contribution in [3.05, 3.63) is 35.4 Å². The van der Waals surface area contributed by atoms with Gasteiger partial charge in [0.25, 0.3) is 0 Å². The summed E-state index contributed by atoms with van der Waals surface area (Å²) in [5.74, 6) is -1.04. The van der Waals surface area contributed by atoms with Gasteiger partial charge in [-0.15, -0.1) is 0 Å². The molecule has 0 aliphatic carbocycles. The highest BCUT2D eigenvalue weighted by atomic mass is 19.1. The summed E-state index contributed by atoms with van der Waals surface area (Å²) in [4.78, 5) is 10.6. The number of carbonyl (C=O) groups is 1. The van der Waals surface area contributed by atoms with Crippen LogP contribution < -0.4 is 5.73 Å². The van der Waals surface area contributed by atoms with E-state index < -0.39 is 18.2 Å². The summed E-state index contributed by atoms with van der Waals surface area (Å²) in [5, 5.41) is 8.72. The van der Waals surface area contributed by atoms with E-state index in [1.807, 2.05) is 6.07 Å². The fraction of sp³-hybridized carbons (Fsp3) is 0.417. The highest BCUT2D eigenvalue weighted by Crippen LogP contribution is 2.14. The Morgan fingerprint density at radius 2 is 1.88 bits per heavy atom. The van der Waals surface area contributed by atoms with Crippen LogP contribution >= 0.6 is 0 Å². The normalized spacial score (nSPS) is 14.4. The van der Waals surface area contributed by atoms with Crippen molar-refractivity contribution in [2.24, 2.45) is 5.73 Å². The van der Waals surface area contributed by atoms with Crippen LogP contribution in [0.5, 0.6) is 0 Å². The van der Waals surface area contributed by atoms with Gasteiger partial charge in [-0.25, -0.2) is 4.39 Å². The van der Waals surface area contributed by atoms with Crippen LogP contribution in [0.3, 0.4) is 0 Å². The van der Waals surface area contributed by atoms with Crippen molar-refractivity contribution in [2.75, 3.05) is 0 Å². The SMILES string of the molecule is CC(F)Cc1ccccc1CC(N)C(=O)O. The predicted octanol–water partition coefficient (Wildman–Crippen LogP) is 1.54. The molecule has 3 nitrogen and oxygen atoms in total. The molecule has 0 saturated heterocycles. The summed E-state index contributed by atoms with van der Waals surface area (Å²) in [6.45, 7) is 1.48. The van der Waals surface area contributed by atoms with E-state index in [2.05, 4.69) is 0 Å². The lowest BCUT2D eigenvalue weighted by atomic mass is 9.97. The third-order valence-corrected chi connectivity index (χ3v) is 2.38. The second kappa shape index (κ2) is 5.61. The molecule has 1 aromatic carbocycles. The summed E-state index contributed by atoms with van der Waals surface area (Å²) in [7, 11) is 0. The average molecular weight is 225 g/mol. The molecular weight excluding hydrogens is 209 g/mol. The fourth-order valence-electron chi connectivity index (χ4n) is 1.58. The van der Waals surface area contributed by atoms with Crippen LogP contribution in [0, 0.1) is 0 Å². The first-order chi connectivity index (χ1) is 7.50. The Balaban J connectivity index is 2.82. The lowest BCUT2D eigenvalue weighted by molar-refractivity contribution is -0.138. The Labute approximate surface area is 94.1 Å². The van der Waals surface area contributed by atoms with Crippen LogP contribution in [0.2, 0.25) is 0 Å². The largest absolute Gasteiger partial charge is 0.480 e. The maximum atomic E-state index is 12.9. The number of hydrogen-bond acceptors (Lipinski definition) is 2. The minimum absolute atomic E-state index is 0.234. The molecule has 0 radical (unpaired) electrons. The zero-order valence-electron chi connectivity index (χ0n) is 9.19. The number of benzene rings is 1. The Bertz CT molecular complexity index is 366. The highest BCUT2D eigenvalue weighted by molar-refractivity contribution is 5.73. The number of rotatable bonds is 5. The third kappa shape index (κ3) is 3.62. The van der Waals surface area contributed by atoms with Crippen molar-refractivity contribution in [1.82, 2.24) is 0 Å². The van der Waals surface area contributed by atoms with E-state index in [0.29, 0.717) is 6.42 Å². The molecule has 0 heterocycles. The first-order valence-corrected chi connectivity index (χ1v) is 5.20. The Morgan fingerprint density at radius 3 is 2.31 bits per heavy atom. The first-order valence-electron chi connectivity index (χ1n) is 5.20. The molecule has 0 amide bonds. The minimum Gasteiger partial charge on any atom is -0.480 e. The molecule has 2 unspecified atom stereocenters. The third-order valence-electron chi connectivity index (χ3n) is 2.38. The molecule has 0 saturated carbocycles. The monoisotopic (exact) mass is 225 g/mol. The molecule has 0 fully saturated rings. The van der Waals surface area contributed by atoms with Crippen molar-refractivity contribution in [3.63, 3.8) is 0 Å². The maximum Gasteiger partial charge on any atom is 0.320 e. The van der Waals surface area contributed by atoms with E-state index in [4.69, 9.17) is 10.8 Å². The van der Waals surface area contributed by atoms with Crippen LogP contribution in [-0.2, 0) is 17.6 Å². The molecule has 88 valence electrons. The van der Waals surface area contributed by atoms with Gasteiger partial charge in [0.1, 0.15) is 12.2 Å². The molecule has 0 spiro atoms. The highest BCUT2D eigenvalue weighted by Gasteiger charge is 2.14. The Kier molecular flexibility index (Phi) is 4.43. The molecule has 4 heteroatoms. The van der Waals surface area contributed by atoms with Gasteiger partial charge in [-0.3, -0.25) is 4.79 Å². The molecule has 0 aliphatic rings. The zero-order chi connectivity index (χ0) is 12.1. The number of hydrogen-bond donors (Lipinski definition) is 2. The van der Waals surface area contributed by atoms with E-state index in [1.165, 1.54) is 6.92 Å². The number of alkyl halides is 1. The van der Waals surface area contributed by atoms with Crippen molar-refractivity contribution >= 4 is 5.97 Å².